The first-order valence-corrected chi connectivity index (χ1v) is 6.76. The minimum Gasteiger partial charge on any atom is -0.308 e. The molecule has 0 bridgehead atoms. The van der Waals surface area contributed by atoms with Crippen molar-refractivity contribution in [3.8, 4) is 10.6 Å². The van der Waals surface area contributed by atoms with Crippen LogP contribution < -0.4 is 5.32 Å². The van der Waals surface area contributed by atoms with Crippen LogP contribution in [0.5, 0.6) is 0 Å². The average molecular weight is 265 g/mol. The minimum absolute atomic E-state index is 0.176. The van der Waals surface area contributed by atoms with Gasteiger partial charge in [0.15, 0.2) is 0 Å². The molecule has 5 heteroatoms. The van der Waals surface area contributed by atoms with Gasteiger partial charge in [-0.3, -0.25) is 0 Å². The molecule has 0 saturated carbocycles. The van der Waals surface area contributed by atoms with E-state index in [1.54, 1.807) is 6.07 Å². The Morgan fingerprint density at radius 1 is 1.39 bits per heavy atom. The monoisotopic (exact) mass is 265 g/mol. The van der Waals surface area contributed by atoms with Gasteiger partial charge in [0.25, 0.3) is 0 Å². The number of aryl methyl sites for hydroxylation is 1. The van der Waals surface area contributed by atoms with Crippen LogP contribution in [0.25, 0.3) is 10.6 Å². The largest absolute Gasteiger partial charge is 0.308 e. The van der Waals surface area contributed by atoms with Gasteiger partial charge in [-0.2, -0.15) is 0 Å². The molecular formula is C13H16FN3S. The first-order valence-electron chi connectivity index (χ1n) is 5.95. The maximum atomic E-state index is 13.3. The maximum Gasteiger partial charge on any atom is 0.148 e. The third-order valence-electron chi connectivity index (χ3n) is 2.75. The van der Waals surface area contributed by atoms with Crippen LogP contribution in [0.3, 0.4) is 0 Å². The van der Waals surface area contributed by atoms with Gasteiger partial charge in [-0.25, -0.2) is 4.39 Å². The number of benzene rings is 1. The van der Waals surface area contributed by atoms with Gasteiger partial charge in [-0.05, 0) is 38.1 Å². The molecule has 18 heavy (non-hydrogen) atoms. The molecule has 0 radical (unpaired) electrons. The predicted molar refractivity (Wildman–Crippen MR) is 72.1 cm³/mol. The van der Waals surface area contributed by atoms with E-state index in [0.29, 0.717) is 0 Å². The molecule has 3 nitrogen and oxygen atoms in total. The summed E-state index contributed by atoms with van der Waals surface area (Å²) in [6.45, 7) is 6.93. The lowest BCUT2D eigenvalue weighted by molar-refractivity contribution is 0.590. The number of aromatic nitrogens is 2. The normalized spacial score (nSPS) is 12.7. The van der Waals surface area contributed by atoms with Gasteiger partial charge in [0.1, 0.15) is 15.8 Å². The number of halogens is 1. The zero-order valence-corrected chi connectivity index (χ0v) is 11.5. The van der Waals surface area contributed by atoms with E-state index in [0.717, 1.165) is 27.7 Å². The van der Waals surface area contributed by atoms with Gasteiger partial charge in [-0.15, -0.1) is 10.2 Å². The Hall–Kier alpha value is -1.33. The molecule has 0 aliphatic carbocycles. The van der Waals surface area contributed by atoms with E-state index in [1.807, 2.05) is 13.8 Å². The molecule has 0 aliphatic heterocycles. The van der Waals surface area contributed by atoms with Crippen LogP contribution in [0.2, 0.25) is 0 Å². The summed E-state index contributed by atoms with van der Waals surface area (Å²) < 4.78 is 13.3. The van der Waals surface area contributed by atoms with Crippen molar-refractivity contribution in [1.29, 1.82) is 0 Å². The van der Waals surface area contributed by atoms with Crippen molar-refractivity contribution in [1.82, 2.24) is 15.5 Å². The first kappa shape index (κ1) is 13.1. The predicted octanol–water partition coefficient (Wildman–Crippen LogP) is 3.32. The van der Waals surface area contributed by atoms with Crippen molar-refractivity contribution in [2.75, 3.05) is 6.54 Å². The molecule has 1 aromatic heterocycles. The third-order valence-corrected chi connectivity index (χ3v) is 3.89. The van der Waals surface area contributed by atoms with Gasteiger partial charge >= 0.3 is 0 Å². The van der Waals surface area contributed by atoms with Gasteiger partial charge in [0.2, 0.25) is 0 Å². The standard InChI is InChI=1S/C13H16FN3S/c1-4-15-9(3)12-16-17-13(18-12)11-7-10(14)6-5-8(11)2/h5-7,9,15H,4H2,1-3H3. The minimum atomic E-state index is -0.243. The van der Waals surface area contributed by atoms with Gasteiger partial charge in [0.05, 0.1) is 6.04 Å². The molecule has 1 aromatic carbocycles. The van der Waals surface area contributed by atoms with E-state index in [9.17, 15) is 4.39 Å². The lowest BCUT2D eigenvalue weighted by Gasteiger charge is -2.06. The van der Waals surface area contributed by atoms with Crippen LogP contribution >= 0.6 is 11.3 Å². The molecule has 2 aromatic rings. The highest BCUT2D eigenvalue weighted by Crippen LogP contribution is 2.29. The zero-order valence-electron chi connectivity index (χ0n) is 10.7. The zero-order chi connectivity index (χ0) is 13.1. The number of rotatable bonds is 4. The molecule has 0 fully saturated rings. The summed E-state index contributed by atoms with van der Waals surface area (Å²) in [5.41, 5.74) is 1.83. The Labute approximate surface area is 110 Å². The fraction of sp³-hybridized carbons (Fsp3) is 0.385. The molecule has 0 aliphatic rings. The van der Waals surface area contributed by atoms with Crippen LogP contribution in [0.4, 0.5) is 4.39 Å². The van der Waals surface area contributed by atoms with Gasteiger partial charge in [0, 0.05) is 5.56 Å². The highest BCUT2D eigenvalue weighted by atomic mass is 32.1. The summed E-state index contributed by atoms with van der Waals surface area (Å²) in [4.78, 5) is 0. The Morgan fingerprint density at radius 3 is 2.89 bits per heavy atom. The summed E-state index contributed by atoms with van der Waals surface area (Å²) in [5, 5.41) is 13.3. The smallest absolute Gasteiger partial charge is 0.148 e. The molecule has 1 N–H and O–H groups in total. The summed E-state index contributed by atoms with van der Waals surface area (Å²) in [5.74, 6) is -0.243. The van der Waals surface area contributed by atoms with Crippen molar-refractivity contribution in [2.24, 2.45) is 0 Å². The first-order chi connectivity index (χ1) is 8.61. The van der Waals surface area contributed by atoms with Crippen LogP contribution in [0, 0.1) is 12.7 Å². The van der Waals surface area contributed by atoms with Crippen molar-refractivity contribution in [3.63, 3.8) is 0 Å². The van der Waals surface area contributed by atoms with E-state index in [2.05, 4.69) is 22.4 Å². The van der Waals surface area contributed by atoms with Crippen molar-refractivity contribution in [3.05, 3.63) is 34.6 Å². The lowest BCUT2D eigenvalue weighted by atomic mass is 10.1. The Morgan fingerprint density at radius 2 is 2.17 bits per heavy atom. The molecule has 0 spiro atoms. The van der Waals surface area contributed by atoms with E-state index < -0.39 is 0 Å². The number of hydrogen-bond donors (Lipinski definition) is 1. The highest BCUT2D eigenvalue weighted by Gasteiger charge is 2.13. The average Bonchev–Trinajstić information content (AvgIpc) is 2.82. The summed E-state index contributed by atoms with van der Waals surface area (Å²) in [6, 6.07) is 4.91. The Kier molecular flexibility index (Phi) is 4.04. The Balaban J connectivity index is 2.32. The van der Waals surface area contributed by atoms with Crippen LogP contribution in [0.1, 0.15) is 30.5 Å². The molecule has 1 heterocycles. The van der Waals surface area contributed by atoms with Crippen LogP contribution in [0.15, 0.2) is 18.2 Å². The lowest BCUT2D eigenvalue weighted by Crippen LogP contribution is -2.17. The molecule has 1 atom stereocenters. The molecule has 0 amide bonds. The highest BCUT2D eigenvalue weighted by molar-refractivity contribution is 7.14. The van der Waals surface area contributed by atoms with Crippen LogP contribution in [-0.4, -0.2) is 16.7 Å². The third kappa shape index (κ3) is 2.73. The molecular weight excluding hydrogens is 249 g/mol. The summed E-state index contributed by atoms with van der Waals surface area (Å²) in [6.07, 6.45) is 0. The molecule has 2 rings (SSSR count). The van der Waals surface area contributed by atoms with Gasteiger partial charge in [-0.1, -0.05) is 24.3 Å². The van der Waals surface area contributed by atoms with E-state index in [4.69, 9.17) is 0 Å². The van der Waals surface area contributed by atoms with Crippen molar-refractivity contribution >= 4 is 11.3 Å². The van der Waals surface area contributed by atoms with E-state index in [1.165, 1.54) is 23.5 Å². The van der Waals surface area contributed by atoms with Crippen molar-refractivity contribution < 1.29 is 4.39 Å². The topological polar surface area (TPSA) is 37.8 Å². The quantitative estimate of drug-likeness (QED) is 0.921. The Bertz CT molecular complexity index is 539. The second-order valence-electron chi connectivity index (χ2n) is 4.18. The molecule has 1 unspecified atom stereocenters. The molecule has 0 saturated heterocycles. The second kappa shape index (κ2) is 5.54. The summed E-state index contributed by atoms with van der Waals surface area (Å²) >= 11 is 1.51. The number of hydrogen-bond acceptors (Lipinski definition) is 4. The second-order valence-corrected chi connectivity index (χ2v) is 5.19. The van der Waals surface area contributed by atoms with E-state index >= 15 is 0 Å². The van der Waals surface area contributed by atoms with Crippen LogP contribution in [-0.2, 0) is 0 Å². The van der Waals surface area contributed by atoms with Crippen molar-refractivity contribution in [2.45, 2.75) is 26.8 Å². The SMILES string of the molecule is CCNC(C)c1nnc(-c2cc(F)ccc2C)s1. The number of nitrogens with one attached hydrogen (secondary N) is 1. The number of nitrogens with zero attached hydrogens (tertiary/aromatic N) is 2. The van der Waals surface area contributed by atoms with E-state index in [-0.39, 0.29) is 11.9 Å². The molecule has 96 valence electrons. The maximum absolute atomic E-state index is 13.3. The fourth-order valence-corrected chi connectivity index (χ4v) is 2.69. The fourth-order valence-electron chi connectivity index (χ4n) is 1.74. The van der Waals surface area contributed by atoms with Gasteiger partial charge < -0.3 is 5.32 Å². The summed E-state index contributed by atoms with van der Waals surface area (Å²) in [7, 11) is 0.